The SMILES string of the molecule is N/C(=N/O)c1ccc[n+](CC2=C(C(=O)O)N3C(=O)[C@@H](NC(=O)/C(=N\O)c4csc(N)n4)[C@H]3SC2)c1. The number of rotatable bonds is 7. The number of thioether (sulfide) groups is 1. The van der Waals surface area contributed by atoms with Gasteiger partial charge in [0.05, 0.1) is 5.56 Å². The summed E-state index contributed by atoms with van der Waals surface area (Å²) in [7, 11) is 0. The fourth-order valence-electron chi connectivity index (χ4n) is 3.67. The van der Waals surface area contributed by atoms with Crippen molar-refractivity contribution >= 4 is 57.6 Å². The van der Waals surface area contributed by atoms with Gasteiger partial charge in [0, 0.05) is 22.8 Å². The lowest BCUT2D eigenvalue weighted by Crippen LogP contribution is -2.71. The fourth-order valence-corrected chi connectivity index (χ4v) is 5.56. The number of carbonyl (C=O) groups excluding carboxylic acids is 2. The van der Waals surface area contributed by atoms with Crippen molar-refractivity contribution in [2.45, 2.75) is 18.0 Å². The van der Waals surface area contributed by atoms with Gasteiger partial charge in [0.1, 0.15) is 22.8 Å². The van der Waals surface area contributed by atoms with Crippen molar-refractivity contribution in [2.24, 2.45) is 16.0 Å². The van der Waals surface area contributed by atoms with Crippen LogP contribution in [0.3, 0.4) is 0 Å². The molecule has 0 bridgehead atoms. The van der Waals surface area contributed by atoms with Crippen LogP contribution in [0.2, 0.25) is 0 Å². The molecule has 0 unspecified atom stereocenters. The van der Waals surface area contributed by atoms with Gasteiger partial charge in [0.25, 0.3) is 11.8 Å². The molecular formula is C19H19N8O6S2+. The highest BCUT2D eigenvalue weighted by Crippen LogP contribution is 2.40. The van der Waals surface area contributed by atoms with Crippen LogP contribution in [-0.2, 0) is 20.9 Å². The van der Waals surface area contributed by atoms with E-state index in [2.05, 4.69) is 20.6 Å². The van der Waals surface area contributed by atoms with Crippen LogP contribution in [0.15, 0.2) is 51.5 Å². The van der Waals surface area contributed by atoms with Crippen molar-refractivity contribution in [1.82, 2.24) is 15.2 Å². The Morgan fingerprint density at radius 2 is 2.11 bits per heavy atom. The fraction of sp³-hybridized carbons (Fsp3) is 0.211. The number of nitrogen functional groups attached to an aromatic ring is 1. The number of anilines is 1. The van der Waals surface area contributed by atoms with E-state index < -0.39 is 34.9 Å². The Labute approximate surface area is 205 Å². The molecule has 2 amide bonds. The van der Waals surface area contributed by atoms with E-state index >= 15 is 0 Å². The van der Waals surface area contributed by atoms with Crippen LogP contribution in [0.25, 0.3) is 0 Å². The van der Waals surface area contributed by atoms with E-state index in [1.54, 1.807) is 29.1 Å². The number of amidine groups is 1. The molecule has 16 heteroatoms. The first-order chi connectivity index (χ1) is 16.7. The quantitative estimate of drug-likeness (QED) is 0.0635. The van der Waals surface area contributed by atoms with E-state index in [-0.39, 0.29) is 34.7 Å². The lowest BCUT2D eigenvalue weighted by atomic mass is 10.0. The maximum Gasteiger partial charge on any atom is 0.352 e. The molecule has 1 fully saturated rings. The molecule has 182 valence electrons. The van der Waals surface area contributed by atoms with Gasteiger partial charge in [0.15, 0.2) is 35.6 Å². The second-order valence-electron chi connectivity index (χ2n) is 7.39. The Kier molecular flexibility index (Phi) is 6.57. The van der Waals surface area contributed by atoms with E-state index in [9.17, 15) is 24.7 Å². The highest BCUT2D eigenvalue weighted by atomic mass is 32.2. The summed E-state index contributed by atoms with van der Waals surface area (Å²) in [5.41, 5.74) is 11.5. The molecule has 2 atom stereocenters. The zero-order valence-corrected chi connectivity index (χ0v) is 19.4. The molecule has 14 nitrogen and oxygen atoms in total. The number of nitrogens with two attached hydrogens (primary N) is 2. The molecule has 2 aromatic heterocycles. The summed E-state index contributed by atoms with van der Waals surface area (Å²) in [6, 6.07) is 2.26. The van der Waals surface area contributed by atoms with Crippen molar-refractivity contribution in [2.75, 3.05) is 11.5 Å². The van der Waals surface area contributed by atoms with Crippen LogP contribution in [0, 0.1) is 0 Å². The Hall–Kier alpha value is -4.18. The molecule has 8 N–H and O–H groups in total. The van der Waals surface area contributed by atoms with Gasteiger partial charge >= 0.3 is 5.97 Å². The molecule has 4 heterocycles. The normalized spacial score (nSPS) is 20.3. The third kappa shape index (κ3) is 4.47. The molecule has 2 aliphatic rings. The van der Waals surface area contributed by atoms with Crippen LogP contribution in [0.5, 0.6) is 0 Å². The maximum absolute atomic E-state index is 12.9. The summed E-state index contributed by atoms with van der Waals surface area (Å²) < 4.78 is 1.65. The lowest BCUT2D eigenvalue weighted by Gasteiger charge is -2.49. The Balaban J connectivity index is 1.53. The number of nitrogens with zero attached hydrogens (tertiary/aromatic N) is 5. The van der Waals surface area contributed by atoms with Gasteiger partial charge in [-0.25, -0.2) is 14.3 Å². The first-order valence-corrected chi connectivity index (χ1v) is 11.8. The number of aliphatic carboxylic acids is 1. The lowest BCUT2D eigenvalue weighted by molar-refractivity contribution is -0.689. The monoisotopic (exact) mass is 519 g/mol. The highest BCUT2D eigenvalue weighted by molar-refractivity contribution is 8.00. The van der Waals surface area contributed by atoms with E-state index in [1.807, 2.05) is 0 Å². The highest BCUT2D eigenvalue weighted by Gasteiger charge is 2.54. The Bertz CT molecular complexity index is 1310. The van der Waals surface area contributed by atoms with Gasteiger partial charge in [-0.05, 0) is 6.07 Å². The van der Waals surface area contributed by atoms with Crippen molar-refractivity contribution in [3.63, 3.8) is 0 Å². The van der Waals surface area contributed by atoms with E-state index in [4.69, 9.17) is 16.7 Å². The number of amides is 2. The maximum atomic E-state index is 12.9. The summed E-state index contributed by atoms with van der Waals surface area (Å²) in [5.74, 6) is -2.58. The first-order valence-electron chi connectivity index (χ1n) is 9.86. The van der Waals surface area contributed by atoms with Crippen LogP contribution in [0.4, 0.5) is 5.13 Å². The second-order valence-corrected chi connectivity index (χ2v) is 9.38. The van der Waals surface area contributed by atoms with Crippen molar-refractivity contribution in [3.05, 3.63) is 52.4 Å². The number of oxime groups is 2. The average Bonchev–Trinajstić information content (AvgIpc) is 3.27. The predicted molar refractivity (Wildman–Crippen MR) is 124 cm³/mol. The van der Waals surface area contributed by atoms with E-state index in [0.717, 1.165) is 16.2 Å². The van der Waals surface area contributed by atoms with Gasteiger partial charge in [-0.3, -0.25) is 14.5 Å². The summed E-state index contributed by atoms with van der Waals surface area (Å²) in [4.78, 5) is 42.6. The average molecular weight is 520 g/mol. The van der Waals surface area contributed by atoms with Gasteiger partial charge in [-0.2, -0.15) is 0 Å². The largest absolute Gasteiger partial charge is 0.477 e. The minimum absolute atomic E-state index is 0.0481. The van der Waals surface area contributed by atoms with Crippen LogP contribution < -0.4 is 21.4 Å². The molecule has 0 saturated carbocycles. The van der Waals surface area contributed by atoms with Gasteiger partial charge < -0.3 is 32.3 Å². The number of thiazole rings is 1. The molecule has 4 rings (SSSR count). The van der Waals surface area contributed by atoms with Gasteiger partial charge in [-0.15, -0.1) is 23.1 Å². The summed E-state index contributed by atoms with van der Waals surface area (Å²) in [6.07, 6.45) is 3.26. The summed E-state index contributed by atoms with van der Waals surface area (Å²) in [5, 5.41) is 37.3. The summed E-state index contributed by atoms with van der Waals surface area (Å²) in [6.45, 7) is 0.140. The molecule has 35 heavy (non-hydrogen) atoms. The van der Waals surface area contributed by atoms with Gasteiger partial charge in [0.2, 0.25) is 0 Å². The van der Waals surface area contributed by atoms with Crippen molar-refractivity contribution < 1.29 is 34.5 Å². The topological polar surface area (TPSA) is 221 Å². The number of fused-ring (bicyclic) bond motifs is 1. The van der Waals surface area contributed by atoms with E-state index in [1.165, 1.54) is 17.1 Å². The zero-order valence-electron chi connectivity index (χ0n) is 17.7. The molecule has 0 spiro atoms. The molecule has 0 aromatic carbocycles. The van der Waals surface area contributed by atoms with E-state index in [0.29, 0.717) is 11.1 Å². The molecular weight excluding hydrogens is 500 g/mol. The number of pyridine rings is 1. The minimum Gasteiger partial charge on any atom is -0.477 e. The molecule has 2 aliphatic heterocycles. The number of carbonyl (C=O) groups is 3. The first kappa shape index (κ1) is 24.0. The molecule has 1 saturated heterocycles. The van der Waals surface area contributed by atoms with Crippen molar-refractivity contribution in [1.29, 1.82) is 0 Å². The third-order valence-corrected chi connectivity index (χ3v) is 7.26. The Morgan fingerprint density at radius 3 is 2.74 bits per heavy atom. The predicted octanol–water partition coefficient (Wildman–Crippen LogP) is -1.28. The molecule has 0 radical (unpaired) electrons. The van der Waals surface area contributed by atoms with Crippen LogP contribution >= 0.6 is 23.1 Å². The zero-order chi connectivity index (χ0) is 25.3. The Morgan fingerprint density at radius 1 is 1.34 bits per heavy atom. The standard InChI is InChI=1S/C19H18N8O6S2/c20-14(25-33)8-2-1-3-26(4-8)5-9-6-34-17-12(16(29)27(17)13(9)18(30)31)23-15(28)11(24-32)10-7-35-19(21)22-10/h1-4,7,12,17H,5-6H2,(H7-,20,21,22,23,24,25,28,30,31,32,33)/p+1/t12-,17-/m1/s1. The minimum atomic E-state index is -1.29. The van der Waals surface area contributed by atoms with Gasteiger partial charge in [-0.1, -0.05) is 10.3 Å². The number of carboxylic acids is 1. The number of aromatic nitrogens is 2. The third-order valence-electron chi connectivity index (χ3n) is 5.25. The number of β-lactam (4-membered cyclic amide) rings is 1. The second kappa shape index (κ2) is 9.59. The molecule has 0 aliphatic carbocycles. The summed E-state index contributed by atoms with van der Waals surface area (Å²) >= 11 is 2.33. The van der Waals surface area contributed by atoms with Crippen LogP contribution in [-0.4, -0.2) is 71.9 Å². The molecule has 2 aromatic rings. The number of hydrogen-bond donors (Lipinski definition) is 6. The smallest absolute Gasteiger partial charge is 0.352 e. The van der Waals surface area contributed by atoms with Crippen LogP contribution in [0.1, 0.15) is 11.3 Å². The number of hydrogen-bond acceptors (Lipinski definition) is 11. The number of carboxylic acid groups (broad SMARTS) is 1. The number of nitrogens with one attached hydrogen (secondary N) is 1. The van der Waals surface area contributed by atoms with Crippen molar-refractivity contribution in [3.8, 4) is 0 Å².